The van der Waals surface area contributed by atoms with Crippen LogP contribution in [0, 0.1) is 13.8 Å². The summed E-state index contributed by atoms with van der Waals surface area (Å²) in [4.78, 5) is 0.683. The van der Waals surface area contributed by atoms with Crippen LogP contribution in [0.2, 0.25) is 0 Å². The topological polar surface area (TPSA) is 38.0 Å². The number of hydrogen-bond acceptors (Lipinski definition) is 2. The smallest absolute Gasteiger partial charge is 0.0964 e. The van der Waals surface area contributed by atoms with Crippen molar-refractivity contribution in [2.45, 2.75) is 26.8 Å². The summed E-state index contributed by atoms with van der Waals surface area (Å²) < 4.78 is 0. The number of aryl methyl sites for hydroxylation is 2. The first-order valence-corrected chi connectivity index (χ1v) is 5.06. The van der Waals surface area contributed by atoms with E-state index in [1.165, 1.54) is 11.1 Å². The number of para-hydroxylation sites is 1. The van der Waals surface area contributed by atoms with Gasteiger partial charge in [0.25, 0.3) is 0 Å². The molecule has 0 aliphatic rings. The lowest BCUT2D eigenvalue weighted by Crippen LogP contribution is -2.31. The highest BCUT2D eigenvalue weighted by Gasteiger charge is 2.06. The van der Waals surface area contributed by atoms with Gasteiger partial charge in [-0.05, 0) is 31.9 Å². The van der Waals surface area contributed by atoms with Crippen molar-refractivity contribution in [3.63, 3.8) is 0 Å². The molecule has 0 fully saturated rings. The van der Waals surface area contributed by atoms with E-state index < -0.39 is 0 Å². The SMILES string of the molecule is Cc1cccc(C)c1NC(=S)[C@H](C)N. The van der Waals surface area contributed by atoms with E-state index in [-0.39, 0.29) is 6.04 Å². The summed E-state index contributed by atoms with van der Waals surface area (Å²) in [6, 6.07) is 6.03. The Morgan fingerprint density at radius 1 is 1.36 bits per heavy atom. The fraction of sp³-hybridized carbons (Fsp3) is 0.364. The minimum Gasteiger partial charge on any atom is -0.348 e. The lowest BCUT2D eigenvalue weighted by atomic mass is 10.1. The average molecular weight is 208 g/mol. The average Bonchev–Trinajstić information content (AvgIpc) is 2.11. The molecule has 0 aromatic heterocycles. The number of hydrogen-bond donors (Lipinski definition) is 2. The van der Waals surface area contributed by atoms with Gasteiger partial charge < -0.3 is 11.1 Å². The zero-order chi connectivity index (χ0) is 10.7. The van der Waals surface area contributed by atoms with Gasteiger partial charge in [-0.25, -0.2) is 0 Å². The monoisotopic (exact) mass is 208 g/mol. The minimum atomic E-state index is -0.107. The molecule has 0 spiro atoms. The Kier molecular flexibility index (Phi) is 3.61. The van der Waals surface area contributed by atoms with E-state index in [4.69, 9.17) is 18.0 Å². The van der Waals surface area contributed by atoms with E-state index in [2.05, 4.69) is 31.3 Å². The van der Waals surface area contributed by atoms with E-state index in [0.717, 1.165) is 5.69 Å². The first-order valence-electron chi connectivity index (χ1n) is 4.65. The Hall–Kier alpha value is -0.930. The van der Waals surface area contributed by atoms with Gasteiger partial charge in [0.05, 0.1) is 11.0 Å². The third-order valence-electron chi connectivity index (χ3n) is 2.14. The van der Waals surface area contributed by atoms with Crippen LogP contribution >= 0.6 is 12.2 Å². The van der Waals surface area contributed by atoms with Crippen molar-refractivity contribution in [1.82, 2.24) is 0 Å². The van der Waals surface area contributed by atoms with Crippen LogP contribution in [0.15, 0.2) is 18.2 Å². The molecule has 0 aliphatic carbocycles. The summed E-state index contributed by atoms with van der Waals surface area (Å²) in [6.07, 6.45) is 0. The lowest BCUT2D eigenvalue weighted by molar-refractivity contribution is 0.987. The number of anilines is 1. The second kappa shape index (κ2) is 4.53. The molecule has 0 saturated carbocycles. The maximum absolute atomic E-state index is 5.68. The summed E-state index contributed by atoms with van der Waals surface area (Å²) in [5.41, 5.74) is 9.13. The normalized spacial score (nSPS) is 12.3. The van der Waals surface area contributed by atoms with Crippen molar-refractivity contribution >= 4 is 22.9 Å². The van der Waals surface area contributed by atoms with E-state index in [0.29, 0.717) is 4.99 Å². The van der Waals surface area contributed by atoms with Gasteiger partial charge in [0, 0.05) is 5.69 Å². The van der Waals surface area contributed by atoms with Gasteiger partial charge in [0.15, 0.2) is 0 Å². The van der Waals surface area contributed by atoms with Crippen molar-refractivity contribution in [1.29, 1.82) is 0 Å². The van der Waals surface area contributed by atoms with Gasteiger partial charge in [-0.1, -0.05) is 30.4 Å². The van der Waals surface area contributed by atoms with E-state index in [9.17, 15) is 0 Å². The summed E-state index contributed by atoms with van der Waals surface area (Å²) in [5, 5.41) is 3.18. The second-order valence-corrected chi connectivity index (χ2v) is 3.98. The third kappa shape index (κ3) is 2.53. The minimum absolute atomic E-state index is 0.107. The Morgan fingerprint density at radius 2 is 1.86 bits per heavy atom. The molecule has 0 saturated heterocycles. The van der Waals surface area contributed by atoms with Gasteiger partial charge in [0.2, 0.25) is 0 Å². The fourth-order valence-corrected chi connectivity index (χ4v) is 1.35. The zero-order valence-electron chi connectivity index (χ0n) is 8.79. The van der Waals surface area contributed by atoms with Crippen LogP contribution in [0.4, 0.5) is 5.69 Å². The van der Waals surface area contributed by atoms with Crippen LogP contribution in [0.5, 0.6) is 0 Å². The Bertz CT molecular complexity index is 325. The lowest BCUT2D eigenvalue weighted by Gasteiger charge is -2.15. The molecule has 14 heavy (non-hydrogen) atoms. The molecule has 0 heterocycles. The highest BCUT2D eigenvalue weighted by atomic mass is 32.1. The predicted octanol–water partition coefficient (Wildman–Crippen LogP) is 2.39. The van der Waals surface area contributed by atoms with Crippen LogP contribution in [0.1, 0.15) is 18.1 Å². The molecule has 1 rings (SSSR count). The molecule has 1 aromatic carbocycles. The molecule has 1 atom stereocenters. The van der Waals surface area contributed by atoms with Crippen LogP contribution in [0.25, 0.3) is 0 Å². The van der Waals surface area contributed by atoms with Crippen LogP contribution in [0.3, 0.4) is 0 Å². The highest BCUT2D eigenvalue weighted by molar-refractivity contribution is 7.80. The Morgan fingerprint density at radius 3 is 2.29 bits per heavy atom. The van der Waals surface area contributed by atoms with Gasteiger partial charge >= 0.3 is 0 Å². The highest BCUT2D eigenvalue weighted by Crippen LogP contribution is 2.19. The molecule has 3 N–H and O–H groups in total. The van der Waals surface area contributed by atoms with Crippen LogP contribution in [-0.2, 0) is 0 Å². The third-order valence-corrected chi connectivity index (χ3v) is 2.62. The molecule has 76 valence electrons. The molecular formula is C11H16N2S. The van der Waals surface area contributed by atoms with E-state index in [1.807, 2.05) is 13.0 Å². The van der Waals surface area contributed by atoms with Gasteiger partial charge in [-0.3, -0.25) is 0 Å². The Balaban J connectivity index is 2.91. The molecule has 0 amide bonds. The van der Waals surface area contributed by atoms with Crippen molar-refractivity contribution in [3.8, 4) is 0 Å². The largest absolute Gasteiger partial charge is 0.348 e. The van der Waals surface area contributed by atoms with Gasteiger partial charge in [0.1, 0.15) is 0 Å². The van der Waals surface area contributed by atoms with Crippen molar-refractivity contribution < 1.29 is 0 Å². The molecule has 0 unspecified atom stereocenters. The predicted molar refractivity (Wildman–Crippen MR) is 65.8 cm³/mol. The fourth-order valence-electron chi connectivity index (χ4n) is 1.25. The number of thiocarbonyl (C=S) groups is 1. The standard InChI is InChI=1S/C11H16N2S/c1-7-5-4-6-8(2)10(7)13-11(14)9(3)12/h4-6,9H,12H2,1-3H3,(H,13,14)/t9-/m0/s1. The summed E-state index contributed by atoms with van der Waals surface area (Å²) in [5.74, 6) is 0. The number of rotatable bonds is 2. The molecule has 2 nitrogen and oxygen atoms in total. The number of nitrogens with one attached hydrogen (secondary N) is 1. The molecule has 3 heteroatoms. The van der Waals surface area contributed by atoms with E-state index in [1.54, 1.807) is 0 Å². The van der Waals surface area contributed by atoms with Gasteiger partial charge in [-0.2, -0.15) is 0 Å². The van der Waals surface area contributed by atoms with Gasteiger partial charge in [-0.15, -0.1) is 0 Å². The molecule has 0 radical (unpaired) electrons. The summed E-state index contributed by atoms with van der Waals surface area (Å²) in [7, 11) is 0. The van der Waals surface area contributed by atoms with Crippen molar-refractivity contribution in [2.75, 3.05) is 5.32 Å². The summed E-state index contributed by atoms with van der Waals surface area (Å²) >= 11 is 5.14. The maximum atomic E-state index is 5.68. The molecular weight excluding hydrogens is 192 g/mol. The second-order valence-electron chi connectivity index (χ2n) is 3.54. The quantitative estimate of drug-likeness (QED) is 0.733. The number of nitrogens with two attached hydrogens (primary N) is 1. The van der Waals surface area contributed by atoms with Crippen LogP contribution < -0.4 is 11.1 Å². The molecule has 0 bridgehead atoms. The molecule has 0 aliphatic heterocycles. The summed E-state index contributed by atoms with van der Waals surface area (Å²) in [6.45, 7) is 5.99. The maximum Gasteiger partial charge on any atom is 0.0964 e. The van der Waals surface area contributed by atoms with Crippen molar-refractivity contribution in [2.24, 2.45) is 5.73 Å². The van der Waals surface area contributed by atoms with Crippen LogP contribution in [-0.4, -0.2) is 11.0 Å². The first-order chi connectivity index (χ1) is 6.52. The van der Waals surface area contributed by atoms with Crippen molar-refractivity contribution in [3.05, 3.63) is 29.3 Å². The number of benzene rings is 1. The molecule has 1 aromatic rings. The first kappa shape index (κ1) is 11.1. The van der Waals surface area contributed by atoms with E-state index >= 15 is 0 Å². The zero-order valence-corrected chi connectivity index (χ0v) is 9.61. The Labute approximate surface area is 90.5 Å².